The van der Waals surface area contributed by atoms with Crippen molar-refractivity contribution in [3.05, 3.63) is 0 Å². The highest BCUT2D eigenvalue weighted by Crippen LogP contribution is 2.28. The third-order valence-corrected chi connectivity index (χ3v) is 3.69. The molecule has 2 atom stereocenters. The predicted molar refractivity (Wildman–Crippen MR) is 64.1 cm³/mol. The quantitative estimate of drug-likeness (QED) is 0.585. The average molecular weight is 230 g/mol. The molecule has 1 aliphatic rings. The molecule has 3 heteroatoms. The molecule has 0 aromatic rings. The lowest BCUT2D eigenvalue weighted by Crippen LogP contribution is -2.34. The van der Waals surface area contributed by atoms with E-state index in [0.29, 0.717) is 12.3 Å². The van der Waals surface area contributed by atoms with Gasteiger partial charge in [-0.3, -0.25) is 0 Å². The number of aliphatic hydroxyl groups excluding tert-OH is 3. The van der Waals surface area contributed by atoms with Crippen LogP contribution in [0.5, 0.6) is 0 Å². The maximum atomic E-state index is 10.00. The lowest BCUT2D eigenvalue weighted by Gasteiger charge is -2.29. The summed E-state index contributed by atoms with van der Waals surface area (Å²) in [6.07, 6.45) is 7.98. The van der Waals surface area contributed by atoms with Gasteiger partial charge in [0.05, 0.1) is 12.2 Å². The van der Waals surface area contributed by atoms with Gasteiger partial charge in [-0.1, -0.05) is 32.1 Å². The highest BCUT2D eigenvalue weighted by molar-refractivity contribution is 4.78. The zero-order valence-corrected chi connectivity index (χ0v) is 10.1. The van der Waals surface area contributed by atoms with Gasteiger partial charge in [0.1, 0.15) is 0 Å². The maximum absolute atomic E-state index is 10.00. The van der Waals surface area contributed by atoms with Crippen LogP contribution < -0.4 is 0 Å². The van der Waals surface area contributed by atoms with Crippen LogP contribution >= 0.6 is 0 Å². The third kappa shape index (κ3) is 4.81. The van der Waals surface area contributed by atoms with Gasteiger partial charge in [-0.2, -0.15) is 0 Å². The molecule has 3 nitrogen and oxygen atoms in total. The summed E-state index contributed by atoms with van der Waals surface area (Å²) < 4.78 is 0. The Bertz CT molecular complexity index is 167. The minimum atomic E-state index is -0.568. The molecule has 0 aliphatic heterocycles. The molecule has 0 heterocycles. The topological polar surface area (TPSA) is 60.7 Å². The summed E-state index contributed by atoms with van der Waals surface area (Å²) in [6.45, 7) is 0.223. The van der Waals surface area contributed by atoms with Crippen molar-refractivity contribution >= 4 is 0 Å². The molecule has 16 heavy (non-hydrogen) atoms. The first-order valence-corrected chi connectivity index (χ1v) is 6.72. The molecule has 96 valence electrons. The van der Waals surface area contributed by atoms with Crippen molar-refractivity contribution in [1.29, 1.82) is 0 Å². The summed E-state index contributed by atoms with van der Waals surface area (Å²) in [5, 5.41) is 28.5. The fraction of sp³-hybridized carbons (Fsp3) is 1.00. The molecule has 1 rings (SSSR count). The highest BCUT2D eigenvalue weighted by atomic mass is 16.3. The first-order valence-electron chi connectivity index (χ1n) is 6.72. The van der Waals surface area contributed by atoms with E-state index in [1.165, 1.54) is 19.3 Å². The molecule has 3 N–H and O–H groups in total. The molecule has 0 bridgehead atoms. The monoisotopic (exact) mass is 230 g/mol. The van der Waals surface area contributed by atoms with Gasteiger partial charge >= 0.3 is 0 Å². The van der Waals surface area contributed by atoms with Crippen molar-refractivity contribution in [2.75, 3.05) is 6.61 Å². The third-order valence-electron chi connectivity index (χ3n) is 3.69. The fourth-order valence-corrected chi connectivity index (χ4v) is 2.60. The van der Waals surface area contributed by atoms with Crippen LogP contribution in [-0.4, -0.2) is 34.1 Å². The minimum absolute atomic E-state index is 0.223. The molecule has 0 saturated heterocycles. The molecule has 2 unspecified atom stereocenters. The van der Waals surface area contributed by atoms with Crippen molar-refractivity contribution in [2.24, 2.45) is 5.92 Å². The van der Waals surface area contributed by atoms with Crippen molar-refractivity contribution in [3.8, 4) is 0 Å². The van der Waals surface area contributed by atoms with Crippen molar-refractivity contribution in [1.82, 2.24) is 0 Å². The minimum Gasteiger partial charge on any atom is -0.396 e. The zero-order chi connectivity index (χ0) is 11.8. The van der Waals surface area contributed by atoms with E-state index >= 15 is 0 Å². The zero-order valence-electron chi connectivity index (χ0n) is 10.1. The Morgan fingerprint density at radius 2 is 1.62 bits per heavy atom. The summed E-state index contributed by atoms with van der Waals surface area (Å²) in [4.78, 5) is 0. The number of unbranched alkanes of at least 4 members (excludes halogenated alkanes) is 2. The molecule has 1 saturated carbocycles. The van der Waals surface area contributed by atoms with E-state index in [2.05, 4.69) is 0 Å². The molecule has 0 spiro atoms. The lowest BCUT2D eigenvalue weighted by molar-refractivity contribution is -0.0315. The summed E-state index contributed by atoms with van der Waals surface area (Å²) >= 11 is 0. The molecule has 1 aliphatic carbocycles. The SMILES string of the molecule is OCCCCCC(O)C(O)C1CCCCC1. The van der Waals surface area contributed by atoms with Crippen molar-refractivity contribution in [2.45, 2.75) is 70.0 Å². The maximum Gasteiger partial charge on any atom is 0.0827 e. The van der Waals surface area contributed by atoms with Crippen LogP contribution in [0.1, 0.15) is 57.8 Å². The van der Waals surface area contributed by atoms with Gasteiger partial charge in [0.15, 0.2) is 0 Å². The van der Waals surface area contributed by atoms with Crippen molar-refractivity contribution < 1.29 is 15.3 Å². The van der Waals surface area contributed by atoms with E-state index in [-0.39, 0.29) is 6.61 Å². The second-order valence-corrected chi connectivity index (χ2v) is 5.03. The Balaban J connectivity index is 2.15. The summed E-state index contributed by atoms with van der Waals surface area (Å²) in [6, 6.07) is 0. The van der Waals surface area contributed by atoms with Crippen LogP contribution in [0.4, 0.5) is 0 Å². The van der Waals surface area contributed by atoms with Gasteiger partial charge in [-0.25, -0.2) is 0 Å². The largest absolute Gasteiger partial charge is 0.396 e. The molecule has 0 aromatic heterocycles. The first kappa shape index (κ1) is 13.9. The number of rotatable bonds is 7. The van der Waals surface area contributed by atoms with Crippen LogP contribution in [-0.2, 0) is 0 Å². The van der Waals surface area contributed by atoms with E-state index in [9.17, 15) is 10.2 Å². The number of hydrogen-bond acceptors (Lipinski definition) is 3. The Labute approximate surface area is 98.5 Å². The first-order chi connectivity index (χ1) is 7.75. The summed E-state index contributed by atoms with van der Waals surface area (Å²) in [5.41, 5.74) is 0. The van der Waals surface area contributed by atoms with Crippen LogP contribution in [0, 0.1) is 5.92 Å². The Kier molecular flexibility index (Phi) is 7.01. The average Bonchev–Trinajstić information content (AvgIpc) is 2.34. The van der Waals surface area contributed by atoms with Gasteiger partial charge in [0, 0.05) is 6.61 Å². The molecule has 0 amide bonds. The highest BCUT2D eigenvalue weighted by Gasteiger charge is 2.26. The second kappa shape index (κ2) is 8.04. The van der Waals surface area contributed by atoms with E-state index in [1.54, 1.807) is 0 Å². The number of hydrogen-bond donors (Lipinski definition) is 3. The molecular weight excluding hydrogens is 204 g/mol. The van der Waals surface area contributed by atoms with Crippen LogP contribution in [0.3, 0.4) is 0 Å². The smallest absolute Gasteiger partial charge is 0.0827 e. The van der Waals surface area contributed by atoms with E-state index in [4.69, 9.17) is 5.11 Å². The van der Waals surface area contributed by atoms with E-state index in [1.807, 2.05) is 0 Å². The lowest BCUT2D eigenvalue weighted by atomic mass is 9.82. The van der Waals surface area contributed by atoms with Gasteiger partial charge < -0.3 is 15.3 Å². The number of aliphatic hydroxyl groups is 3. The fourth-order valence-electron chi connectivity index (χ4n) is 2.60. The summed E-state index contributed by atoms with van der Waals surface area (Å²) in [5.74, 6) is 0.307. The normalized spacial score (nSPS) is 21.9. The molecular formula is C13H26O3. The Hall–Kier alpha value is -0.120. The molecule has 0 aromatic carbocycles. The second-order valence-electron chi connectivity index (χ2n) is 5.03. The summed E-state index contributed by atoms with van der Waals surface area (Å²) in [7, 11) is 0. The van der Waals surface area contributed by atoms with Crippen molar-refractivity contribution in [3.63, 3.8) is 0 Å². The standard InChI is InChI=1S/C13H26O3/c14-10-6-2-5-9-12(15)13(16)11-7-3-1-4-8-11/h11-16H,1-10H2. The van der Waals surface area contributed by atoms with E-state index < -0.39 is 12.2 Å². The Morgan fingerprint density at radius 3 is 2.25 bits per heavy atom. The Morgan fingerprint density at radius 1 is 0.938 bits per heavy atom. The van der Waals surface area contributed by atoms with Gasteiger partial charge in [0.2, 0.25) is 0 Å². The van der Waals surface area contributed by atoms with Gasteiger partial charge in [-0.05, 0) is 31.6 Å². The molecule has 1 fully saturated rings. The van der Waals surface area contributed by atoms with Gasteiger partial charge in [0.25, 0.3) is 0 Å². The van der Waals surface area contributed by atoms with Gasteiger partial charge in [-0.15, -0.1) is 0 Å². The van der Waals surface area contributed by atoms with E-state index in [0.717, 1.165) is 32.1 Å². The van der Waals surface area contributed by atoms with Crippen LogP contribution in [0.25, 0.3) is 0 Å². The van der Waals surface area contributed by atoms with Crippen LogP contribution in [0.2, 0.25) is 0 Å². The predicted octanol–water partition coefficient (Wildman–Crippen LogP) is 1.84. The van der Waals surface area contributed by atoms with Crippen LogP contribution in [0.15, 0.2) is 0 Å². The molecule has 0 radical (unpaired) electrons.